The minimum Gasteiger partial charge on any atom is -0.316 e. The van der Waals surface area contributed by atoms with Gasteiger partial charge in [0.25, 0.3) is 0 Å². The summed E-state index contributed by atoms with van der Waals surface area (Å²) in [5.74, 6) is -0.289. The predicted molar refractivity (Wildman–Crippen MR) is 54.7 cm³/mol. The Morgan fingerprint density at radius 2 is 2.40 bits per heavy atom. The predicted octanol–water partition coefficient (Wildman–Crippen LogP) is 0.551. The van der Waals surface area contributed by atoms with Crippen molar-refractivity contribution in [2.24, 2.45) is 5.73 Å². The lowest BCUT2D eigenvalue weighted by atomic mass is 10.2. The molecule has 3 amide bonds. The van der Waals surface area contributed by atoms with Gasteiger partial charge in [0, 0.05) is 6.07 Å². The van der Waals surface area contributed by atoms with Gasteiger partial charge in [-0.3, -0.25) is 4.79 Å². The highest BCUT2D eigenvalue weighted by Gasteiger charge is 2.47. The number of nitrogens with zero attached hydrogens (tertiary/aromatic N) is 1. The molecular formula is C10H11N3O2+. The van der Waals surface area contributed by atoms with Gasteiger partial charge in [-0.15, -0.1) is 4.59 Å². The van der Waals surface area contributed by atoms with Crippen molar-refractivity contribution in [1.82, 2.24) is 10.0 Å². The molecular weight excluding hydrogens is 194 g/mol. The largest absolute Gasteiger partial charge is 0.443 e. The summed E-state index contributed by atoms with van der Waals surface area (Å²) in [6.45, 7) is 2.18. The lowest BCUT2D eigenvalue weighted by Gasteiger charge is -2.25. The first-order chi connectivity index (χ1) is 7.12. The quantitative estimate of drug-likeness (QED) is 0.657. The maximum Gasteiger partial charge on any atom is 0.443 e. The van der Waals surface area contributed by atoms with Crippen molar-refractivity contribution in [2.45, 2.75) is 6.92 Å². The van der Waals surface area contributed by atoms with Crippen LogP contribution >= 0.6 is 0 Å². The molecule has 15 heavy (non-hydrogen) atoms. The second kappa shape index (κ2) is 3.06. The molecule has 0 saturated heterocycles. The van der Waals surface area contributed by atoms with Crippen LogP contribution in [0.5, 0.6) is 0 Å². The van der Waals surface area contributed by atoms with Gasteiger partial charge in [-0.2, -0.15) is 5.43 Å². The van der Waals surface area contributed by atoms with Crippen LogP contribution in [0.3, 0.4) is 0 Å². The van der Waals surface area contributed by atoms with Crippen molar-refractivity contribution < 1.29 is 9.59 Å². The highest BCUT2D eigenvalue weighted by molar-refractivity contribution is 6.08. The number of quaternary nitrogens is 1. The number of amides is 3. The first-order valence-corrected chi connectivity index (χ1v) is 4.63. The molecule has 0 bridgehead atoms. The molecule has 1 atom stereocenters. The molecule has 0 aliphatic carbocycles. The maximum atomic E-state index is 11.6. The molecule has 1 aromatic rings. The number of nitrogens with two attached hydrogens (primary N) is 1. The zero-order valence-electron chi connectivity index (χ0n) is 8.28. The summed E-state index contributed by atoms with van der Waals surface area (Å²) in [4.78, 5) is 23.0. The zero-order chi connectivity index (χ0) is 11.1. The Balaban J connectivity index is 2.65. The normalized spacial score (nSPS) is 23.4. The van der Waals surface area contributed by atoms with Crippen molar-refractivity contribution in [2.75, 3.05) is 6.54 Å². The van der Waals surface area contributed by atoms with E-state index in [1.54, 1.807) is 25.1 Å². The molecule has 0 saturated carbocycles. The summed E-state index contributed by atoms with van der Waals surface area (Å²) in [5.41, 5.74) is 8.96. The van der Waals surface area contributed by atoms with Crippen LogP contribution in [-0.2, 0) is 0 Å². The lowest BCUT2D eigenvalue weighted by Crippen LogP contribution is -2.63. The lowest BCUT2D eigenvalue weighted by molar-refractivity contribution is 0.0887. The van der Waals surface area contributed by atoms with Crippen LogP contribution < -0.4 is 15.8 Å². The monoisotopic (exact) mass is 205 g/mol. The third-order valence-corrected chi connectivity index (χ3v) is 2.64. The van der Waals surface area contributed by atoms with Gasteiger partial charge in [-0.05, 0) is 25.1 Å². The van der Waals surface area contributed by atoms with E-state index in [1.807, 2.05) is 0 Å². The van der Waals surface area contributed by atoms with E-state index in [0.29, 0.717) is 17.8 Å². The van der Waals surface area contributed by atoms with Crippen molar-refractivity contribution in [1.29, 1.82) is 0 Å². The number of benzene rings is 1. The number of carbonyl (C=O) groups is 2. The Morgan fingerprint density at radius 1 is 1.67 bits per heavy atom. The number of primary amides is 1. The molecule has 1 heterocycles. The molecule has 0 spiro atoms. The summed E-state index contributed by atoms with van der Waals surface area (Å²) in [6.07, 6.45) is 0. The van der Waals surface area contributed by atoms with Crippen LogP contribution in [0.15, 0.2) is 18.2 Å². The molecule has 1 aliphatic heterocycles. The summed E-state index contributed by atoms with van der Waals surface area (Å²) < 4.78 is -0.317. The van der Waals surface area contributed by atoms with Gasteiger partial charge in [0.15, 0.2) is 5.69 Å². The SMILES string of the molecule is CC[N+]1(C(N)=O)NC(=O)c2c[c]ccc21. The Morgan fingerprint density at radius 3 is 3.00 bits per heavy atom. The molecule has 1 radical (unpaired) electrons. The minimum atomic E-state index is -0.587. The third-order valence-electron chi connectivity index (χ3n) is 2.64. The Labute approximate surface area is 87.0 Å². The number of urea groups is 1. The fourth-order valence-electron chi connectivity index (χ4n) is 1.81. The van der Waals surface area contributed by atoms with Crippen LogP contribution in [0.4, 0.5) is 10.5 Å². The molecule has 2 rings (SSSR count). The average Bonchev–Trinajstić information content (AvgIpc) is 2.54. The summed E-state index contributed by atoms with van der Waals surface area (Å²) in [7, 11) is 0. The van der Waals surface area contributed by atoms with Gasteiger partial charge in [0.1, 0.15) is 12.1 Å². The van der Waals surface area contributed by atoms with Crippen LogP contribution in [0, 0.1) is 6.07 Å². The Hall–Kier alpha value is -1.88. The van der Waals surface area contributed by atoms with Crippen LogP contribution in [0.2, 0.25) is 0 Å². The van der Waals surface area contributed by atoms with Crippen molar-refractivity contribution in [3.05, 3.63) is 29.8 Å². The highest BCUT2D eigenvalue weighted by Crippen LogP contribution is 2.30. The smallest absolute Gasteiger partial charge is 0.316 e. The fraction of sp³-hybridized carbons (Fsp3) is 0.200. The summed E-state index contributed by atoms with van der Waals surface area (Å²) >= 11 is 0. The van der Waals surface area contributed by atoms with Crippen LogP contribution in [-0.4, -0.2) is 18.5 Å². The van der Waals surface area contributed by atoms with E-state index in [9.17, 15) is 9.59 Å². The molecule has 0 aromatic heterocycles. The average molecular weight is 205 g/mol. The third kappa shape index (κ3) is 1.13. The molecule has 0 fully saturated rings. The van der Waals surface area contributed by atoms with E-state index in [4.69, 9.17) is 5.73 Å². The molecule has 1 aliphatic rings. The van der Waals surface area contributed by atoms with Gasteiger partial charge < -0.3 is 5.73 Å². The molecule has 5 nitrogen and oxygen atoms in total. The number of carbonyl (C=O) groups excluding carboxylic acids is 2. The number of fused-ring (bicyclic) bond motifs is 1. The second-order valence-electron chi connectivity index (χ2n) is 3.35. The van der Waals surface area contributed by atoms with Gasteiger partial charge in [0.05, 0.1) is 0 Å². The molecule has 1 unspecified atom stereocenters. The van der Waals surface area contributed by atoms with E-state index in [-0.39, 0.29) is 10.5 Å². The number of rotatable bonds is 1. The number of hydrogen-bond donors (Lipinski definition) is 2. The van der Waals surface area contributed by atoms with Crippen LogP contribution in [0.25, 0.3) is 0 Å². The Bertz CT molecular complexity index is 444. The van der Waals surface area contributed by atoms with E-state index in [2.05, 4.69) is 11.5 Å². The van der Waals surface area contributed by atoms with E-state index >= 15 is 0 Å². The van der Waals surface area contributed by atoms with Gasteiger partial charge in [0.2, 0.25) is 0 Å². The van der Waals surface area contributed by atoms with Gasteiger partial charge in [-0.1, -0.05) is 0 Å². The standard InChI is InChI=1S/C10H10N3O2/c1-2-13(10(11)15)8-6-4-3-5-7(8)9(14)12-13/h4-6H,2H2,1H3,(H2-,11,12,14,15)/p+1. The van der Waals surface area contributed by atoms with Gasteiger partial charge in [-0.25, -0.2) is 4.79 Å². The molecule has 3 N–H and O–H groups in total. The topological polar surface area (TPSA) is 72.2 Å². The Kier molecular flexibility index (Phi) is 1.97. The first kappa shape index (κ1) is 9.67. The number of nitrogens with one attached hydrogen (secondary N) is 1. The molecule has 5 heteroatoms. The fourth-order valence-corrected chi connectivity index (χ4v) is 1.81. The zero-order valence-corrected chi connectivity index (χ0v) is 8.28. The van der Waals surface area contributed by atoms with Crippen molar-refractivity contribution in [3.63, 3.8) is 0 Å². The number of hydrogen-bond acceptors (Lipinski definition) is 2. The van der Waals surface area contributed by atoms with E-state index < -0.39 is 6.03 Å². The molecule has 1 aromatic carbocycles. The van der Waals surface area contributed by atoms with Crippen molar-refractivity contribution in [3.8, 4) is 0 Å². The van der Waals surface area contributed by atoms with Crippen LogP contribution in [0.1, 0.15) is 17.3 Å². The molecule has 77 valence electrons. The summed E-state index contributed by atoms with van der Waals surface area (Å²) in [6, 6.07) is 7.11. The van der Waals surface area contributed by atoms with Crippen molar-refractivity contribution >= 4 is 17.6 Å². The first-order valence-electron chi connectivity index (χ1n) is 4.63. The van der Waals surface area contributed by atoms with E-state index in [0.717, 1.165) is 0 Å². The second-order valence-corrected chi connectivity index (χ2v) is 3.35. The van der Waals surface area contributed by atoms with Gasteiger partial charge >= 0.3 is 11.9 Å². The van der Waals surface area contributed by atoms with E-state index in [1.165, 1.54) is 0 Å². The maximum absolute atomic E-state index is 11.6. The minimum absolute atomic E-state index is 0.289. The highest BCUT2D eigenvalue weighted by atomic mass is 16.2. The summed E-state index contributed by atoms with van der Waals surface area (Å²) in [5, 5.41) is 0.